The summed E-state index contributed by atoms with van der Waals surface area (Å²) >= 11 is 0. The van der Waals surface area contributed by atoms with Crippen molar-refractivity contribution in [3.05, 3.63) is 23.8 Å². The molecule has 0 atom stereocenters. The molecule has 2 aliphatic rings. The van der Waals surface area contributed by atoms with Crippen LogP contribution in [-0.2, 0) is 14.9 Å². The quantitative estimate of drug-likeness (QED) is 0.845. The van der Waals surface area contributed by atoms with Crippen molar-refractivity contribution in [2.75, 3.05) is 34.0 Å². The number of fused-ring (bicyclic) bond motifs is 1. The molecule has 110 valence electrons. The summed E-state index contributed by atoms with van der Waals surface area (Å²) in [6.07, 6.45) is 1.51. The first kappa shape index (κ1) is 13.7. The van der Waals surface area contributed by atoms with Crippen molar-refractivity contribution in [1.82, 2.24) is 0 Å². The average molecular weight is 279 g/mol. The molecule has 0 amide bonds. The molecule has 1 fully saturated rings. The molecule has 20 heavy (non-hydrogen) atoms. The number of nitrogens with two attached hydrogens (primary N) is 1. The van der Waals surface area contributed by atoms with Gasteiger partial charge in [0.15, 0.2) is 17.3 Å². The predicted molar refractivity (Wildman–Crippen MR) is 74.1 cm³/mol. The van der Waals surface area contributed by atoms with Gasteiger partial charge in [-0.05, 0) is 17.7 Å². The number of hydrogen-bond acceptors (Lipinski definition) is 5. The first-order valence-electron chi connectivity index (χ1n) is 6.87. The molecule has 2 N–H and O–H groups in total. The van der Waals surface area contributed by atoms with Crippen molar-refractivity contribution < 1.29 is 18.9 Å². The highest BCUT2D eigenvalue weighted by molar-refractivity contribution is 5.47. The van der Waals surface area contributed by atoms with Gasteiger partial charge in [-0.3, -0.25) is 0 Å². The van der Waals surface area contributed by atoms with Crippen LogP contribution in [0.4, 0.5) is 0 Å². The highest BCUT2D eigenvalue weighted by Crippen LogP contribution is 2.53. The number of methoxy groups -OCH3 is 2. The Labute approximate surface area is 118 Å². The molecule has 3 rings (SSSR count). The van der Waals surface area contributed by atoms with Gasteiger partial charge >= 0.3 is 0 Å². The summed E-state index contributed by atoms with van der Waals surface area (Å²) in [6.45, 7) is 1.75. The van der Waals surface area contributed by atoms with Crippen LogP contribution in [0.15, 0.2) is 18.2 Å². The van der Waals surface area contributed by atoms with E-state index in [2.05, 4.69) is 6.07 Å². The third kappa shape index (κ3) is 1.97. The minimum Gasteiger partial charge on any atom is -0.486 e. The molecule has 0 spiro atoms. The lowest BCUT2D eigenvalue weighted by Crippen LogP contribution is -2.60. The molecule has 0 saturated heterocycles. The van der Waals surface area contributed by atoms with Gasteiger partial charge in [-0.15, -0.1) is 0 Å². The summed E-state index contributed by atoms with van der Waals surface area (Å²) in [7, 11) is 3.35. The van der Waals surface area contributed by atoms with E-state index >= 15 is 0 Å². The molecule has 1 aliphatic carbocycles. The van der Waals surface area contributed by atoms with E-state index in [-0.39, 0.29) is 5.41 Å². The number of benzene rings is 1. The van der Waals surface area contributed by atoms with Crippen LogP contribution in [-0.4, -0.2) is 39.8 Å². The molecule has 0 aromatic heterocycles. The van der Waals surface area contributed by atoms with Gasteiger partial charge in [0.05, 0.1) is 0 Å². The van der Waals surface area contributed by atoms with Crippen LogP contribution in [0, 0.1) is 0 Å². The van der Waals surface area contributed by atoms with Gasteiger partial charge in [-0.1, -0.05) is 6.07 Å². The Morgan fingerprint density at radius 2 is 1.75 bits per heavy atom. The molecule has 5 heteroatoms. The zero-order valence-corrected chi connectivity index (χ0v) is 12.0. The average Bonchev–Trinajstić information content (AvgIpc) is 2.48. The first-order chi connectivity index (χ1) is 9.67. The van der Waals surface area contributed by atoms with E-state index in [4.69, 9.17) is 24.7 Å². The van der Waals surface area contributed by atoms with Crippen LogP contribution in [0.2, 0.25) is 0 Å². The van der Waals surface area contributed by atoms with Crippen molar-refractivity contribution in [3.8, 4) is 11.5 Å². The van der Waals surface area contributed by atoms with E-state index in [1.807, 2.05) is 12.1 Å². The molecule has 1 aliphatic heterocycles. The van der Waals surface area contributed by atoms with Crippen LogP contribution in [0.25, 0.3) is 0 Å². The molecule has 1 aromatic rings. The maximum atomic E-state index is 6.02. The number of rotatable bonds is 4. The van der Waals surface area contributed by atoms with E-state index in [9.17, 15) is 0 Å². The maximum Gasteiger partial charge on any atom is 0.169 e. The lowest BCUT2D eigenvalue weighted by atomic mass is 9.60. The zero-order chi connectivity index (χ0) is 14.2. The summed E-state index contributed by atoms with van der Waals surface area (Å²) in [5.41, 5.74) is 7.08. The Kier molecular flexibility index (Phi) is 3.36. The highest BCUT2D eigenvalue weighted by Gasteiger charge is 2.56. The molecule has 1 aromatic carbocycles. The normalized spacial score (nSPS) is 22.1. The third-order valence-corrected chi connectivity index (χ3v) is 4.50. The van der Waals surface area contributed by atoms with Gasteiger partial charge in [0.1, 0.15) is 13.2 Å². The molecule has 0 radical (unpaired) electrons. The Morgan fingerprint density at radius 1 is 1.10 bits per heavy atom. The largest absolute Gasteiger partial charge is 0.486 e. The molecule has 1 saturated carbocycles. The standard InChI is InChI=1S/C15H21NO4/c1-17-15(18-2)8-14(9-15,10-16)11-3-4-12-13(7-11)20-6-5-19-12/h3-4,7H,5-6,8-10,16H2,1-2H3. The SMILES string of the molecule is COC1(OC)CC(CN)(c2ccc3c(c2)OCCO3)C1. The van der Waals surface area contributed by atoms with Gasteiger partial charge in [0.25, 0.3) is 0 Å². The summed E-state index contributed by atoms with van der Waals surface area (Å²) in [4.78, 5) is 0. The molecule has 1 heterocycles. The van der Waals surface area contributed by atoms with Crippen molar-refractivity contribution in [2.24, 2.45) is 5.73 Å². The van der Waals surface area contributed by atoms with E-state index in [0.717, 1.165) is 29.9 Å². The molecule has 5 nitrogen and oxygen atoms in total. The lowest BCUT2D eigenvalue weighted by Gasteiger charge is -2.54. The fourth-order valence-corrected chi connectivity index (χ4v) is 3.19. The van der Waals surface area contributed by atoms with Crippen LogP contribution >= 0.6 is 0 Å². The van der Waals surface area contributed by atoms with Crippen molar-refractivity contribution in [2.45, 2.75) is 24.0 Å². The van der Waals surface area contributed by atoms with Gasteiger partial charge in [0.2, 0.25) is 0 Å². The van der Waals surface area contributed by atoms with Crippen molar-refractivity contribution in [1.29, 1.82) is 0 Å². The third-order valence-electron chi connectivity index (χ3n) is 4.50. The van der Waals surface area contributed by atoms with E-state index in [0.29, 0.717) is 19.8 Å². The van der Waals surface area contributed by atoms with E-state index in [1.165, 1.54) is 0 Å². The first-order valence-corrected chi connectivity index (χ1v) is 6.87. The van der Waals surface area contributed by atoms with Crippen LogP contribution in [0.3, 0.4) is 0 Å². The smallest absolute Gasteiger partial charge is 0.169 e. The van der Waals surface area contributed by atoms with Gasteiger partial charge < -0.3 is 24.7 Å². The molecule has 0 unspecified atom stereocenters. The summed E-state index contributed by atoms with van der Waals surface area (Å²) < 4.78 is 22.2. The highest BCUT2D eigenvalue weighted by atomic mass is 16.7. The Morgan fingerprint density at radius 3 is 2.35 bits per heavy atom. The topological polar surface area (TPSA) is 62.9 Å². The number of ether oxygens (including phenoxy) is 4. The van der Waals surface area contributed by atoms with Gasteiger partial charge in [-0.2, -0.15) is 0 Å². The second kappa shape index (κ2) is 4.91. The Hall–Kier alpha value is -1.30. The molecular formula is C15H21NO4. The minimum atomic E-state index is -0.507. The monoisotopic (exact) mass is 279 g/mol. The van der Waals surface area contributed by atoms with Crippen molar-refractivity contribution >= 4 is 0 Å². The van der Waals surface area contributed by atoms with Crippen molar-refractivity contribution in [3.63, 3.8) is 0 Å². The fourth-order valence-electron chi connectivity index (χ4n) is 3.19. The summed E-state index contributed by atoms with van der Waals surface area (Å²) in [5, 5.41) is 0. The maximum absolute atomic E-state index is 6.02. The van der Waals surface area contributed by atoms with E-state index in [1.54, 1.807) is 14.2 Å². The summed E-state index contributed by atoms with van der Waals surface area (Å²) in [5.74, 6) is 1.09. The Balaban J connectivity index is 1.88. The second-order valence-corrected chi connectivity index (χ2v) is 5.52. The fraction of sp³-hybridized carbons (Fsp3) is 0.600. The predicted octanol–water partition coefficient (Wildman–Crippen LogP) is 1.44. The molecule has 0 bridgehead atoms. The minimum absolute atomic E-state index is 0.109. The Bertz CT molecular complexity index is 491. The van der Waals surface area contributed by atoms with Gasteiger partial charge in [0, 0.05) is 39.0 Å². The van der Waals surface area contributed by atoms with Crippen LogP contribution in [0.5, 0.6) is 11.5 Å². The zero-order valence-electron chi connectivity index (χ0n) is 12.0. The lowest BCUT2D eigenvalue weighted by molar-refractivity contribution is -0.277. The number of hydrogen-bond donors (Lipinski definition) is 1. The van der Waals surface area contributed by atoms with Gasteiger partial charge in [-0.25, -0.2) is 0 Å². The van der Waals surface area contributed by atoms with Crippen LogP contribution < -0.4 is 15.2 Å². The summed E-state index contributed by atoms with van der Waals surface area (Å²) in [6, 6.07) is 6.06. The second-order valence-electron chi connectivity index (χ2n) is 5.52. The van der Waals surface area contributed by atoms with Crippen LogP contribution in [0.1, 0.15) is 18.4 Å². The van der Waals surface area contributed by atoms with E-state index < -0.39 is 5.79 Å². The molecular weight excluding hydrogens is 258 g/mol.